The van der Waals surface area contributed by atoms with Gasteiger partial charge in [0.1, 0.15) is 23.2 Å². The first kappa shape index (κ1) is 30.5. The van der Waals surface area contributed by atoms with E-state index in [9.17, 15) is 17.6 Å². The Kier molecular flexibility index (Phi) is 9.54. The van der Waals surface area contributed by atoms with E-state index in [1.54, 1.807) is 18.2 Å². The fourth-order valence-corrected chi connectivity index (χ4v) is 6.91. The van der Waals surface area contributed by atoms with Crippen LogP contribution in [0.1, 0.15) is 104 Å². The van der Waals surface area contributed by atoms with E-state index in [2.05, 4.69) is 11.7 Å². The van der Waals surface area contributed by atoms with Gasteiger partial charge in [-0.3, -0.25) is 0 Å². The quantitative estimate of drug-likeness (QED) is 0.226. The summed E-state index contributed by atoms with van der Waals surface area (Å²) < 4.78 is 87.1. The van der Waals surface area contributed by atoms with Crippen molar-refractivity contribution in [2.75, 3.05) is 0 Å². The van der Waals surface area contributed by atoms with Crippen LogP contribution in [0.4, 0.5) is 26.3 Å². The zero-order valence-corrected chi connectivity index (χ0v) is 24.0. The smallest absolute Gasteiger partial charge is 0.406 e. The molecule has 0 aromatic heterocycles. The van der Waals surface area contributed by atoms with Crippen LogP contribution in [0.15, 0.2) is 48.5 Å². The van der Waals surface area contributed by atoms with Crippen molar-refractivity contribution in [3.05, 3.63) is 99.4 Å². The number of fused-ring (bicyclic) bond motifs is 1. The lowest BCUT2D eigenvalue weighted by molar-refractivity contribution is -0.274. The third kappa shape index (κ3) is 7.33. The van der Waals surface area contributed by atoms with Gasteiger partial charge in [0.05, 0.1) is 0 Å². The molecule has 0 aliphatic heterocycles. The summed E-state index contributed by atoms with van der Waals surface area (Å²) in [6, 6.07) is 13.0. The van der Waals surface area contributed by atoms with Crippen LogP contribution in [0.5, 0.6) is 5.75 Å². The molecule has 42 heavy (non-hydrogen) atoms. The monoisotopic (exact) mass is 588 g/mol. The molecular weight excluding hydrogens is 550 g/mol. The van der Waals surface area contributed by atoms with Crippen LogP contribution >= 0.6 is 0 Å². The molecule has 0 amide bonds. The summed E-state index contributed by atoms with van der Waals surface area (Å²) in [5, 5.41) is 0. The Morgan fingerprint density at radius 2 is 1.52 bits per heavy atom. The molecule has 1 unspecified atom stereocenters. The highest BCUT2D eigenvalue weighted by Gasteiger charge is 2.33. The summed E-state index contributed by atoms with van der Waals surface area (Å²) in [6.07, 6.45) is 4.25. The maximum atomic E-state index is 15.8. The van der Waals surface area contributed by atoms with Crippen LogP contribution < -0.4 is 4.74 Å². The Labute approximate surface area is 244 Å². The fraction of sp³-hybridized carbons (Fsp3) is 0.486. The number of alkyl halides is 3. The van der Waals surface area contributed by atoms with E-state index in [1.807, 2.05) is 12.1 Å². The second-order valence-electron chi connectivity index (χ2n) is 12.1. The van der Waals surface area contributed by atoms with Gasteiger partial charge in [0, 0.05) is 5.56 Å². The summed E-state index contributed by atoms with van der Waals surface area (Å²) in [4.78, 5) is 0. The van der Waals surface area contributed by atoms with E-state index in [0.29, 0.717) is 56.1 Å². The first-order valence-electron chi connectivity index (χ1n) is 15.2. The number of ether oxygens (including phenoxy) is 1. The fourth-order valence-electron chi connectivity index (χ4n) is 6.91. The van der Waals surface area contributed by atoms with Crippen molar-refractivity contribution in [2.24, 2.45) is 5.92 Å². The predicted molar refractivity (Wildman–Crippen MR) is 152 cm³/mol. The van der Waals surface area contributed by atoms with Crippen molar-refractivity contribution >= 4 is 0 Å². The van der Waals surface area contributed by atoms with Gasteiger partial charge in [0.25, 0.3) is 0 Å². The molecule has 1 fully saturated rings. The Morgan fingerprint density at radius 1 is 0.810 bits per heavy atom. The maximum absolute atomic E-state index is 15.8. The zero-order valence-electron chi connectivity index (χ0n) is 24.0. The van der Waals surface area contributed by atoms with E-state index < -0.39 is 18.0 Å². The summed E-state index contributed by atoms with van der Waals surface area (Å²) in [5.74, 6) is -1.16. The van der Waals surface area contributed by atoms with Crippen molar-refractivity contribution in [1.82, 2.24) is 0 Å². The molecule has 0 radical (unpaired) electrons. The molecule has 3 aromatic rings. The molecule has 2 aliphatic carbocycles. The first-order valence-corrected chi connectivity index (χ1v) is 15.2. The molecule has 226 valence electrons. The number of halogens is 6. The molecule has 0 bridgehead atoms. The number of unbranched alkanes of at least 4 members (excludes halogenated alkanes) is 1. The summed E-state index contributed by atoms with van der Waals surface area (Å²) in [6.45, 7) is 2.12. The van der Waals surface area contributed by atoms with Crippen LogP contribution in [0.3, 0.4) is 0 Å². The van der Waals surface area contributed by atoms with Crippen LogP contribution in [0.25, 0.3) is 0 Å². The highest BCUT2D eigenvalue weighted by atomic mass is 19.4. The zero-order chi connectivity index (χ0) is 29.9. The van der Waals surface area contributed by atoms with E-state index in [1.165, 1.54) is 18.2 Å². The molecule has 0 heterocycles. The third-order valence-electron chi connectivity index (χ3n) is 9.24. The predicted octanol–water partition coefficient (Wildman–Crippen LogP) is 10.5. The first-order chi connectivity index (χ1) is 20.1. The largest absolute Gasteiger partial charge is 0.573 e. The number of rotatable bonds is 9. The molecule has 1 atom stereocenters. The molecule has 0 spiro atoms. The molecule has 2 aliphatic rings. The Bertz CT molecular complexity index is 1360. The van der Waals surface area contributed by atoms with Crippen LogP contribution in [-0.4, -0.2) is 6.36 Å². The van der Waals surface area contributed by atoms with Crippen molar-refractivity contribution in [3.8, 4) is 5.75 Å². The van der Waals surface area contributed by atoms with E-state index in [4.69, 9.17) is 0 Å². The minimum atomic E-state index is -4.73. The van der Waals surface area contributed by atoms with Gasteiger partial charge in [-0.05, 0) is 140 Å². The normalized spacial score (nSPS) is 20.8. The molecule has 3 aromatic carbocycles. The van der Waals surface area contributed by atoms with Crippen LogP contribution in [0.2, 0.25) is 0 Å². The Hall–Kier alpha value is -2.96. The van der Waals surface area contributed by atoms with Gasteiger partial charge in [-0.2, -0.15) is 0 Å². The molecule has 0 N–H and O–H groups in total. The van der Waals surface area contributed by atoms with Gasteiger partial charge < -0.3 is 4.74 Å². The molecular formula is C35H38F6O. The standard InChI is InChI=1S/C35H38F6O/c1-2-3-4-22-5-8-26(31(36)20-22)9-6-23-7-18-30-28(19-23)21-32(37)33(34(30)38)27-12-10-24(11-13-27)25-14-16-29(17-15-25)42-35(39,40)41/h5,8,14-17,20-21,23-24,27H,2-4,6-7,9-13,18-19H2,1H3. The van der Waals surface area contributed by atoms with E-state index in [-0.39, 0.29) is 34.9 Å². The van der Waals surface area contributed by atoms with Crippen molar-refractivity contribution in [3.63, 3.8) is 0 Å². The average Bonchev–Trinajstić information content (AvgIpc) is 2.95. The molecule has 0 saturated heterocycles. The molecule has 1 nitrogen and oxygen atoms in total. The Morgan fingerprint density at radius 3 is 2.19 bits per heavy atom. The third-order valence-corrected chi connectivity index (χ3v) is 9.24. The van der Waals surface area contributed by atoms with Gasteiger partial charge in [-0.25, -0.2) is 13.2 Å². The summed E-state index contributed by atoms with van der Waals surface area (Å²) in [5.41, 5.74) is 4.17. The topological polar surface area (TPSA) is 9.23 Å². The molecule has 1 saturated carbocycles. The SMILES string of the molecule is CCCCc1ccc(CCC2CCc3c(cc(F)c(C4CCC(c5ccc(OC(F)(F)F)cc5)CC4)c3F)C2)c(F)c1. The van der Waals surface area contributed by atoms with Gasteiger partial charge in [0.2, 0.25) is 0 Å². The van der Waals surface area contributed by atoms with Gasteiger partial charge in [0.15, 0.2) is 0 Å². The maximum Gasteiger partial charge on any atom is 0.573 e. The number of hydrogen-bond acceptors (Lipinski definition) is 1. The van der Waals surface area contributed by atoms with Crippen molar-refractivity contribution < 1.29 is 31.1 Å². The van der Waals surface area contributed by atoms with E-state index in [0.717, 1.165) is 48.8 Å². The van der Waals surface area contributed by atoms with E-state index >= 15 is 8.78 Å². The van der Waals surface area contributed by atoms with Gasteiger partial charge >= 0.3 is 6.36 Å². The highest BCUT2D eigenvalue weighted by Crippen LogP contribution is 2.44. The minimum Gasteiger partial charge on any atom is -0.406 e. The van der Waals surface area contributed by atoms with Gasteiger partial charge in [-0.1, -0.05) is 37.6 Å². The Balaban J connectivity index is 1.18. The van der Waals surface area contributed by atoms with Crippen molar-refractivity contribution in [1.29, 1.82) is 0 Å². The van der Waals surface area contributed by atoms with Crippen molar-refractivity contribution in [2.45, 2.75) is 102 Å². The van der Waals surface area contributed by atoms with Gasteiger partial charge in [-0.15, -0.1) is 13.2 Å². The average molecular weight is 589 g/mol. The minimum absolute atomic E-state index is 0.128. The molecule has 7 heteroatoms. The number of benzene rings is 3. The summed E-state index contributed by atoms with van der Waals surface area (Å²) >= 11 is 0. The highest BCUT2D eigenvalue weighted by molar-refractivity contribution is 5.39. The second kappa shape index (κ2) is 13.1. The lowest BCUT2D eigenvalue weighted by atomic mass is 9.74. The second-order valence-corrected chi connectivity index (χ2v) is 12.1. The lowest BCUT2D eigenvalue weighted by Gasteiger charge is -2.32. The number of aryl methyl sites for hydroxylation is 2. The van der Waals surface area contributed by atoms with Crippen LogP contribution in [-0.2, 0) is 25.7 Å². The van der Waals surface area contributed by atoms with Crippen LogP contribution in [0, 0.1) is 23.4 Å². The lowest BCUT2D eigenvalue weighted by Crippen LogP contribution is -2.20. The summed E-state index contributed by atoms with van der Waals surface area (Å²) in [7, 11) is 0. The number of hydrogen-bond donors (Lipinski definition) is 0. The molecule has 5 rings (SSSR count).